The largest absolute Gasteiger partial charge is 0.412 e. The Morgan fingerprint density at radius 3 is 2.85 bits per heavy atom. The first-order chi connectivity index (χ1) is 5.81. The Labute approximate surface area is 73.0 Å². The number of nitrogens with two attached hydrogens (primary N) is 1. The van der Waals surface area contributed by atoms with E-state index < -0.39 is 0 Å². The van der Waals surface area contributed by atoms with E-state index in [2.05, 4.69) is 19.9 Å². The van der Waals surface area contributed by atoms with Gasteiger partial charge in [0.05, 0.1) is 0 Å². The van der Waals surface area contributed by atoms with Crippen molar-refractivity contribution in [2.45, 2.75) is 6.61 Å². The van der Waals surface area contributed by atoms with Crippen LogP contribution in [0.4, 0.5) is 5.82 Å². The molecule has 0 bridgehead atoms. The summed E-state index contributed by atoms with van der Waals surface area (Å²) in [5.74, 6) is 0.782. The van der Waals surface area contributed by atoms with E-state index >= 15 is 0 Å². The van der Waals surface area contributed by atoms with Gasteiger partial charge in [-0.3, -0.25) is 0 Å². The normalized spacial score (nSPS) is 9.92. The lowest BCUT2D eigenvalue weighted by molar-refractivity contribution is 0.273. The third kappa shape index (κ3) is 1.42. The van der Waals surface area contributed by atoms with Crippen LogP contribution in [0.25, 0.3) is 11.2 Å². The average Bonchev–Trinajstić information content (AvgIpc) is 2.49. The van der Waals surface area contributed by atoms with Crippen LogP contribution in [0.3, 0.4) is 0 Å². The number of hydrogen-bond donors (Lipinski definition) is 3. The molecule has 0 radical (unpaired) electrons. The van der Waals surface area contributed by atoms with Crippen molar-refractivity contribution >= 4 is 17.0 Å². The topological polar surface area (TPSA) is 132 Å². The summed E-state index contributed by atoms with van der Waals surface area (Å²) in [6, 6.07) is 0. The van der Waals surface area contributed by atoms with Gasteiger partial charge in [-0.25, -0.2) is 15.0 Å². The summed E-state index contributed by atoms with van der Waals surface area (Å²) in [6.45, 7) is -0.157. The summed E-state index contributed by atoms with van der Waals surface area (Å²) in [7, 11) is 0. The van der Waals surface area contributed by atoms with Crippen molar-refractivity contribution in [2.24, 2.45) is 0 Å². The first kappa shape index (κ1) is 9.36. The molecule has 0 fully saturated rings. The second-order valence-corrected chi connectivity index (χ2v) is 2.30. The quantitative estimate of drug-likeness (QED) is 0.500. The van der Waals surface area contributed by atoms with Gasteiger partial charge in [0.2, 0.25) is 0 Å². The van der Waals surface area contributed by atoms with Gasteiger partial charge in [-0.05, 0) is 0 Å². The van der Waals surface area contributed by atoms with Crippen LogP contribution < -0.4 is 5.73 Å². The number of aliphatic hydroxyl groups is 1. The van der Waals surface area contributed by atoms with Crippen LogP contribution in [0.2, 0.25) is 0 Å². The van der Waals surface area contributed by atoms with Crippen LogP contribution in [0, 0.1) is 0 Å². The molecular formula is C6H9N5O2. The molecule has 0 saturated heterocycles. The fourth-order valence-electron chi connectivity index (χ4n) is 0.969. The van der Waals surface area contributed by atoms with Gasteiger partial charge in [0.25, 0.3) is 0 Å². The first-order valence-electron chi connectivity index (χ1n) is 3.37. The third-order valence-corrected chi connectivity index (χ3v) is 1.52. The van der Waals surface area contributed by atoms with Crippen LogP contribution in [0.1, 0.15) is 5.82 Å². The zero-order valence-electron chi connectivity index (χ0n) is 6.65. The van der Waals surface area contributed by atoms with Crippen molar-refractivity contribution in [1.29, 1.82) is 0 Å². The van der Waals surface area contributed by atoms with Crippen LogP contribution in [0.5, 0.6) is 0 Å². The molecule has 6 N–H and O–H groups in total. The summed E-state index contributed by atoms with van der Waals surface area (Å²) in [6.07, 6.45) is 1.33. The highest BCUT2D eigenvalue weighted by Gasteiger charge is 2.05. The molecule has 7 nitrogen and oxygen atoms in total. The highest BCUT2D eigenvalue weighted by Crippen LogP contribution is 2.12. The molecular weight excluding hydrogens is 174 g/mol. The number of H-pyrrole nitrogens is 1. The molecule has 2 aromatic heterocycles. The number of anilines is 1. The summed E-state index contributed by atoms with van der Waals surface area (Å²) in [4.78, 5) is 14.4. The second-order valence-electron chi connectivity index (χ2n) is 2.30. The number of aliphatic hydroxyl groups excluding tert-OH is 1. The lowest BCUT2D eigenvalue weighted by Crippen LogP contribution is -1.91. The third-order valence-electron chi connectivity index (χ3n) is 1.52. The van der Waals surface area contributed by atoms with Crippen LogP contribution in [0.15, 0.2) is 6.33 Å². The highest BCUT2D eigenvalue weighted by atomic mass is 16.3. The Hall–Kier alpha value is -1.73. The number of nitrogens with one attached hydrogen (secondary N) is 1. The molecule has 0 aromatic carbocycles. The van der Waals surface area contributed by atoms with Crippen LogP contribution in [-0.2, 0) is 6.61 Å². The molecule has 2 heterocycles. The molecule has 0 amide bonds. The minimum Gasteiger partial charge on any atom is -0.412 e. The molecule has 7 heteroatoms. The van der Waals surface area contributed by atoms with E-state index in [4.69, 9.17) is 10.8 Å². The fourth-order valence-corrected chi connectivity index (χ4v) is 0.969. The van der Waals surface area contributed by atoms with Gasteiger partial charge in [-0.1, -0.05) is 0 Å². The van der Waals surface area contributed by atoms with Crippen LogP contribution >= 0.6 is 0 Å². The Kier molecular flexibility index (Phi) is 2.40. The van der Waals surface area contributed by atoms with Crippen molar-refractivity contribution in [3.8, 4) is 0 Å². The Balaban J connectivity index is 0.000000845. The van der Waals surface area contributed by atoms with Crippen molar-refractivity contribution in [2.75, 3.05) is 5.73 Å². The number of aromatic nitrogens is 4. The number of fused-ring (bicyclic) bond motifs is 1. The minimum absolute atomic E-state index is 0. The van der Waals surface area contributed by atoms with Gasteiger partial charge in [-0.15, -0.1) is 0 Å². The number of rotatable bonds is 1. The maximum absolute atomic E-state index is 8.75. The number of nitrogens with zero attached hydrogens (tertiary/aromatic N) is 3. The van der Waals surface area contributed by atoms with Gasteiger partial charge in [-0.2, -0.15) is 0 Å². The van der Waals surface area contributed by atoms with Gasteiger partial charge in [0.1, 0.15) is 24.3 Å². The molecule has 0 unspecified atom stereocenters. The van der Waals surface area contributed by atoms with E-state index in [1.54, 1.807) is 0 Å². The Morgan fingerprint density at radius 1 is 1.46 bits per heavy atom. The number of imidazole rings is 1. The molecule has 0 aliphatic rings. The van der Waals surface area contributed by atoms with Gasteiger partial charge >= 0.3 is 0 Å². The fraction of sp³-hybridized carbons (Fsp3) is 0.167. The minimum atomic E-state index is -0.157. The summed E-state index contributed by atoms with van der Waals surface area (Å²) in [5, 5.41) is 8.75. The van der Waals surface area contributed by atoms with E-state index in [0.29, 0.717) is 22.8 Å². The summed E-state index contributed by atoms with van der Waals surface area (Å²) in [5.41, 5.74) is 6.57. The van der Waals surface area contributed by atoms with Crippen molar-refractivity contribution < 1.29 is 10.6 Å². The standard InChI is InChI=1S/C6H7N5O.H2O/c7-5-4-6(9-2-8-5)11-3(1-12)10-4;/h2,12H,1H2,(H3,7,8,9,10,11);1H2. The SMILES string of the molecule is Nc1ncnc2nc(CO)[nH]c12.O. The van der Waals surface area contributed by atoms with Crippen molar-refractivity contribution in [3.63, 3.8) is 0 Å². The van der Waals surface area contributed by atoms with Gasteiger partial charge in [0, 0.05) is 0 Å². The number of nitrogen functional groups attached to an aromatic ring is 1. The smallest absolute Gasteiger partial charge is 0.183 e. The second kappa shape index (κ2) is 3.33. The maximum atomic E-state index is 8.75. The van der Waals surface area contributed by atoms with E-state index in [1.165, 1.54) is 6.33 Å². The molecule has 0 aliphatic carbocycles. The molecule has 0 spiro atoms. The first-order valence-corrected chi connectivity index (χ1v) is 3.37. The molecule has 0 atom stereocenters. The lowest BCUT2D eigenvalue weighted by atomic mass is 10.5. The number of aromatic amines is 1. The van der Waals surface area contributed by atoms with E-state index in [-0.39, 0.29) is 12.1 Å². The molecule has 13 heavy (non-hydrogen) atoms. The van der Waals surface area contributed by atoms with Crippen molar-refractivity contribution in [1.82, 2.24) is 19.9 Å². The Bertz CT molecular complexity index is 412. The van der Waals surface area contributed by atoms with Gasteiger partial charge in [0.15, 0.2) is 11.5 Å². The van der Waals surface area contributed by atoms with Gasteiger partial charge < -0.3 is 21.3 Å². The maximum Gasteiger partial charge on any atom is 0.183 e. The van der Waals surface area contributed by atoms with E-state index in [0.717, 1.165) is 0 Å². The monoisotopic (exact) mass is 183 g/mol. The average molecular weight is 183 g/mol. The molecule has 2 rings (SSSR count). The van der Waals surface area contributed by atoms with E-state index in [1.807, 2.05) is 0 Å². The zero-order chi connectivity index (χ0) is 8.55. The number of hydrogen-bond acceptors (Lipinski definition) is 5. The van der Waals surface area contributed by atoms with E-state index in [9.17, 15) is 0 Å². The molecule has 0 saturated carbocycles. The summed E-state index contributed by atoms with van der Waals surface area (Å²) < 4.78 is 0. The zero-order valence-corrected chi connectivity index (χ0v) is 6.65. The molecule has 0 aliphatic heterocycles. The highest BCUT2D eigenvalue weighted by molar-refractivity contribution is 5.80. The predicted molar refractivity (Wildman–Crippen MR) is 45.6 cm³/mol. The lowest BCUT2D eigenvalue weighted by Gasteiger charge is -1.89. The summed E-state index contributed by atoms with van der Waals surface area (Å²) >= 11 is 0. The Morgan fingerprint density at radius 2 is 2.23 bits per heavy atom. The molecule has 70 valence electrons. The predicted octanol–water partition coefficient (Wildman–Crippen LogP) is -1.40. The molecule has 2 aromatic rings. The van der Waals surface area contributed by atoms with Crippen LogP contribution in [-0.4, -0.2) is 30.5 Å². The van der Waals surface area contributed by atoms with Crippen molar-refractivity contribution in [3.05, 3.63) is 12.2 Å².